The molecular formula is C14H20N2. The maximum absolute atomic E-state index is 4.49. The summed E-state index contributed by atoms with van der Waals surface area (Å²) in [6.45, 7) is 11.0. The van der Waals surface area contributed by atoms with Gasteiger partial charge in [0.05, 0.1) is 17.4 Å². The Morgan fingerprint density at radius 2 is 1.88 bits per heavy atom. The Labute approximate surface area is 97.3 Å². The molecule has 0 aliphatic heterocycles. The van der Waals surface area contributed by atoms with Crippen molar-refractivity contribution in [1.29, 1.82) is 0 Å². The van der Waals surface area contributed by atoms with Crippen molar-refractivity contribution in [1.82, 2.24) is 9.55 Å². The van der Waals surface area contributed by atoms with Crippen molar-refractivity contribution in [3.05, 3.63) is 30.1 Å². The number of hydrogen-bond acceptors (Lipinski definition) is 1. The third-order valence-electron chi connectivity index (χ3n) is 2.96. The summed E-state index contributed by atoms with van der Waals surface area (Å²) in [5.74, 6) is 0.559. The van der Waals surface area contributed by atoms with Crippen molar-refractivity contribution in [2.45, 2.75) is 46.1 Å². The van der Waals surface area contributed by atoms with Crippen LogP contribution in [-0.2, 0) is 5.54 Å². The fraction of sp³-hybridized carbons (Fsp3) is 0.500. The van der Waals surface area contributed by atoms with Gasteiger partial charge in [0.15, 0.2) is 0 Å². The Hall–Kier alpha value is -1.31. The van der Waals surface area contributed by atoms with Crippen molar-refractivity contribution < 1.29 is 0 Å². The summed E-state index contributed by atoms with van der Waals surface area (Å²) in [5, 5.41) is 0. The van der Waals surface area contributed by atoms with Crippen LogP contribution in [0.3, 0.4) is 0 Å². The predicted octanol–water partition coefficient (Wildman–Crippen LogP) is 3.91. The minimum Gasteiger partial charge on any atom is -0.325 e. The lowest BCUT2D eigenvalue weighted by Crippen LogP contribution is -2.20. The van der Waals surface area contributed by atoms with E-state index in [0.29, 0.717) is 5.92 Å². The van der Waals surface area contributed by atoms with Crippen LogP contribution in [0.5, 0.6) is 0 Å². The molecule has 16 heavy (non-hydrogen) atoms. The zero-order valence-corrected chi connectivity index (χ0v) is 10.8. The van der Waals surface area contributed by atoms with Crippen LogP contribution in [0.1, 0.15) is 46.1 Å². The normalized spacial score (nSPS) is 12.6. The molecule has 2 rings (SSSR count). The Bertz CT molecular complexity index is 501. The van der Waals surface area contributed by atoms with Crippen LogP contribution in [0, 0.1) is 0 Å². The molecule has 0 atom stereocenters. The first-order valence-electron chi connectivity index (χ1n) is 5.87. The maximum atomic E-state index is 4.49. The van der Waals surface area contributed by atoms with Crippen LogP contribution in [0.2, 0.25) is 0 Å². The van der Waals surface area contributed by atoms with E-state index in [1.807, 2.05) is 6.33 Å². The molecular weight excluding hydrogens is 196 g/mol. The molecule has 1 aromatic heterocycles. The first-order chi connectivity index (χ1) is 7.39. The quantitative estimate of drug-likeness (QED) is 0.706. The van der Waals surface area contributed by atoms with Crippen LogP contribution in [-0.4, -0.2) is 9.55 Å². The van der Waals surface area contributed by atoms with Gasteiger partial charge in [0.1, 0.15) is 0 Å². The fourth-order valence-corrected chi connectivity index (χ4v) is 1.92. The summed E-state index contributed by atoms with van der Waals surface area (Å²) in [5.41, 5.74) is 3.76. The van der Waals surface area contributed by atoms with Gasteiger partial charge in [-0.15, -0.1) is 0 Å². The third-order valence-corrected chi connectivity index (χ3v) is 2.96. The molecule has 0 fully saturated rings. The molecule has 2 nitrogen and oxygen atoms in total. The van der Waals surface area contributed by atoms with Gasteiger partial charge < -0.3 is 4.57 Å². The molecule has 0 aliphatic carbocycles. The van der Waals surface area contributed by atoms with Gasteiger partial charge in [-0.3, -0.25) is 0 Å². The molecule has 0 radical (unpaired) electrons. The molecule has 0 spiro atoms. The number of imidazole rings is 1. The number of rotatable bonds is 1. The molecule has 1 aromatic carbocycles. The largest absolute Gasteiger partial charge is 0.325 e. The lowest BCUT2D eigenvalue weighted by Gasteiger charge is -2.21. The molecule has 0 saturated heterocycles. The highest BCUT2D eigenvalue weighted by Crippen LogP contribution is 2.24. The van der Waals surface area contributed by atoms with Gasteiger partial charge in [0.25, 0.3) is 0 Å². The van der Waals surface area contributed by atoms with E-state index >= 15 is 0 Å². The molecule has 0 saturated carbocycles. The molecule has 0 bridgehead atoms. The van der Waals surface area contributed by atoms with Crippen LogP contribution in [0.15, 0.2) is 24.5 Å². The lowest BCUT2D eigenvalue weighted by atomic mass is 10.0. The molecule has 0 aliphatic rings. The van der Waals surface area contributed by atoms with E-state index in [-0.39, 0.29) is 5.54 Å². The lowest BCUT2D eigenvalue weighted by molar-refractivity contribution is 0.408. The van der Waals surface area contributed by atoms with Gasteiger partial charge in [-0.2, -0.15) is 0 Å². The average Bonchev–Trinajstić information content (AvgIpc) is 2.58. The zero-order chi connectivity index (χ0) is 11.9. The number of fused-ring (bicyclic) bond motifs is 1. The smallest absolute Gasteiger partial charge is 0.0963 e. The summed E-state index contributed by atoms with van der Waals surface area (Å²) in [6, 6.07) is 6.59. The summed E-state index contributed by atoms with van der Waals surface area (Å²) in [7, 11) is 0. The topological polar surface area (TPSA) is 17.8 Å². The van der Waals surface area contributed by atoms with E-state index in [0.717, 1.165) is 5.52 Å². The van der Waals surface area contributed by atoms with Gasteiger partial charge in [-0.25, -0.2) is 4.98 Å². The van der Waals surface area contributed by atoms with Crippen LogP contribution in [0.4, 0.5) is 0 Å². The minimum atomic E-state index is 0.0914. The number of hydrogen-bond donors (Lipinski definition) is 0. The first-order valence-corrected chi connectivity index (χ1v) is 5.87. The summed E-state index contributed by atoms with van der Waals surface area (Å²) >= 11 is 0. The fourth-order valence-electron chi connectivity index (χ4n) is 1.92. The second kappa shape index (κ2) is 3.62. The van der Waals surface area contributed by atoms with E-state index in [4.69, 9.17) is 0 Å². The van der Waals surface area contributed by atoms with Gasteiger partial charge in [0.2, 0.25) is 0 Å². The molecule has 2 heteroatoms. The Balaban J connectivity index is 2.59. The average molecular weight is 216 g/mol. The SMILES string of the molecule is CC(C)c1ccc2c(c1)ncn2C(C)(C)C. The van der Waals surface area contributed by atoms with Gasteiger partial charge in [-0.05, 0) is 44.4 Å². The highest BCUT2D eigenvalue weighted by atomic mass is 15.1. The summed E-state index contributed by atoms with van der Waals surface area (Å²) in [6.07, 6.45) is 1.94. The highest BCUT2D eigenvalue weighted by molar-refractivity contribution is 5.76. The van der Waals surface area contributed by atoms with E-state index in [9.17, 15) is 0 Å². The van der Waals surface area contributed by atoms with Crippen molar-refractivity contribution in [2.75, 3.05) is 0 Å². The molecule has 86 valence electrons. The van der Waals surface area contributed by atoms with Crippen molar-refractivity contribution in [3.8, 4) is 0 Å². The van der Waals surface area contributed by atoms with Crippen LogP contribution >= 0.6 is 0 Å². The predicted molar refractivity (Wildman–Crippen MR) is 68.8 cm³/mol. The molecule has 0 N–H and O–H groups in total. The van der Waals surface area contributed by atoms with Crippen LogP contribution in [0.25, 0.3) is 11.0 Å². The molecule has 2 aromatic rings. The maximum Gasteiger partial charge on any atom is 0.0963 e. The number of aromatic nitrogens is 2. The second-order valence-corrected chi connectivity index (χ2v) is 5.69. The number of benzene rings is 1. The number of nitrogens with zero attached hydrogens (tertiary/aromatic N) is 2. The monoisotopic (exact) mass is 216 g/mol. The third kappa shape index (κ3) is 1.84. The van der Waals surface area contributed by atoms with Gasteiger partial charge in [0, 0.05) is 5.54 Å². The minimum absolute atomic E-state index is 0.0914. The van der Waals surface area contributed by atoms with Gasteiger partial charge >= 0.3 is 0 Å². The summed E-state index contributed by atoms with van der Waals surface area (Å²) in [4.78, 5) is 4.49. The standard InChI is InChI=1S/C14H20N2/c1-10(2)11-6-7-13-12(8-11)15-9-16(13)14(3,4)5/h6-10H,1-5H3. The van der Waals surface area contributed by atoms with E-state index in [2.05, 4.69) is 62.4 Å². The Morgan fingerprint density at radius 1 is 1.19 bits per heavy atom. The van der Waals surface area contributed by atoms with E-state index < -0.39 is 0 Å². The van der Waals surface area contributed by atoms with Crippen molar-refractivity contribution >= 4 is 11.0 Å². The molecule has 1 heterocycles. The summed E-state index contributed by atoms with van der Waals surface area (Å²) < 4.78 is 2.23. The van der Waals surface area contributed by atoms with E-state index in [1.165, 1.54) is 11.1 Å². The van der Waals surface area contributed by atoms with Crippen molar-refractivity contribution in [2.24, 2.45) is 0 Å². The van der Waals surface area contributed by atoms with Crippen molar-refractivity contribution in [3.63, 3.8) is 0 Å². The zero-order valence-electron chi connectivity index (χ0n) is 10.8. The van der Waals surface area contributed by atoms with Crippen LogP contribution < -0.4 is 0 Å². The second-order valence-electron chi connectivity index (χ2n) is 5.69. The molecule has 0 unspecified atom stereocenters. The Morgan fingerprint density at radius 3 is 2.44 bits per heavy atom. The highest BCUT2D eigenvalue weighted by Gasteiger charge is 2.16. The first kappa shape index (κ1) is 11.2. The van der Waals surface area contributed by atoms with E-state index in [1.54, 1.807) is 0 Å². The molecule has 0 amide bonds. The van der Waals surface area contributed by atoms with Gasteiger partial charge in [-0.1, -0.05) is 19.9 Å². The Kier molecular flexibility index (Phi) is 2.53.